The van der Waals surface area contributed by atoms with E-state index in [1.807, 2.05) is 18.2 Å². The van der Waals surface area contributed by atoms with Crippen molar-refractivity contribution in [3.8, 4) is 17.0 Å². The Kier molecular flexibility index (Phi) is 6.83. The molecule has 2 aromatic carbocycles. The fraction of sp³-hybridized carbons (Fsp3) is 0.483. The molecule has 1 fully saturated rings. The smallest absolute Gasteiger partial charge is 0.303 e. The number of carbonyl (C=O) groups is 1. The molecule has 1 saturated carbocycles. The van der Waals surface area contributed by atoms with Crippen LogP contribution in [0.4, 0.5) is 0 Å². The molecule has 1 N–H and O–H groups in total. The minimum Gasteiger partial charge on any atom is -0.497 e. The molecule has 1 amide bonds. The topological polar surface area (TPSA) is 80.6 Å². The van der Waals surface area contributed by atoms with Crippen molar-refractivity contribution in [2.45, 2.75) is 64.3 Å². The maximum atomic E-state index is 13.0. The summed E-state index contributed by atoms with van der Waals surface area (Å²) in [4.78, 5) is 13.0. The Morgan fingerprint density at radius 1 is 1.05 bits per heavy atom. The lowest BCUT2D eigenvalue weighted by Crippen LogP contribution is -2.39. The Hall–Kier alpha value is -2.84. The van der Waals surface area contributed by atoms with Crippen LogP contribution >= 0.6 is 0 Å². The van der Waals surface area contributed by atoms with Gasteiger partial charge in [0.15, 0.2) is 0 Å². The summed E-state index contributed by atoms with van der Waals surface area (Å²) in [5.41, 5.74) is 6.47. The van der Waals surface area contributed by atoms with Gasteiger partial charge in [-0.05, 0) is 72.1 Å². The second-order valence-electron chi connectivity index (χ2n) is 10.9. The van der Waals surface area contributed by atoms with Crippen LogP contribution in [-0.2, 0) is 16.8 Å². The third-order valence-corrected chi connectivity index (χ3v) is 9.82. The minimum absolute atomic E-state index is 0.330. The Labute approximate surface area is 220 Å². The first-order chi connectivity index (χ1) is 17.6. The van der Waals surface area contributed by atoms with Crippen LogP contribution in [0.5, 0.6) is 5.75 Å². The first-order valence-electron chi connectivity index (χ1n) is 13.2. The third-order valence-electron chi connectivity index (χ3n) is 8.41. The van der Waals surface area contributed by atoms with Crippen LogP contribution in [0.1, 0.15) is 79.3 Å². The molecule has 5 rings (SSSR count). The molecule has 0 unspecified atom stereocenters. The minimum atomic E-state index is -3.88. The van der Waals surface area contributed by atoms with Gasteiger partial charge in [-0.1, -0.05) is 39.2 Å². The first kappa shape index (κ1) is 25.8. The van der Waals surface area contributed by atoms with E-state index in [-0.39, 0.29) is 0 Å². The van der Waals surface area contributed by atoms with E-state index in [0.29, 0.717) is 23.3 Å². The van der Waals surface area contributed by atoms with Crippen molar-refractivity contribution in [3.63, 3.8) is 0 Å². The van der Waals surface area contributed by atoms with Gasteiger partial charge in [0.1, 0.15) is 5.75 Å². The summed E-state index contributed by atoms with van der Waals surface area (Å²) in [6.45, 7) is 5.37. The molecule has 37 heavy (non-hydrogen) atoms. The van der Waals surface area contributed by atoms with E-state index in [0.717, 1.165) is 40.3 Å². The Morgan fingerprint density at radius 2 is 1.78 bits per heavy atom. The zero-order valence-electron chi connectivity index (χ0n) is 22.4. The van der Waals surface area contributed by atoms with Crippen molar-refractivity contribution in [1.29, 1.82) is 0 Å². The molecule has 0 spiro atoms. The third kappa shape index (κ3) is 4.55. The maximum Gasteiger partial charge on any atom is 0.303 e. The van der Waals surface area contributed by atoms with E-state index in [1.54, 1.807) is 13.2 Å². The number of nitrogens with zero attached hydrogens (tertiary/aromatic N) is 2. The number of hydrogen-bond acceptors (Lipinski definition) is 4. The van der Waals surface area contributed by atoms with Crippen LogP contribution in [0.15, 0.2) is 36.4 Å². The lowest BCUT2D eigenvalue weighted by molar-refractivity contribution is 0.0980. The summed E-state index contributed by atoms with van der Waals surface area (Å²) in [6, 6.07) is 12.1. The van der Waals surface area contributed by atoms with Crippen molar-refractivity contribution >= 4 is 27.0 Å². The van der Waals surface area contributed by atoms with Gasteiger partial charge in [0.05, 0.1) is 12.8 Å². The van der Waals surface area contributed by atoms with Gasteiger partial charge in [0, 0.05) is 42.7 Å². The molecule has 198 valence electrons. The number of hydrogen-bond donors (Lipinski definition) is 1. The fourth-order valence-electron chi connectivity index (χ4n) is 6.08. The number of ether oxygens (including phenoxy) is 1. The Bertz CT molecular complexity index is 1450. The van der Waals surface area contributed by atoms with Crippen molar-refractivity contribution in [2.75, 3.05) is 21.2 Å². The van der Waals surface area contributed by atoms with Crippen molar-refractivity contribution in [3.05, 3.63) is 53.1 Å². The normalized spacial score (nSPS) is 20.4. The van der Waals surface area contributed by atoms with E-state index in [1.165, 1.54) is 55.7 Å². The lowest BCUT2D eigenvalue weighted by Gasteiger charge is -2.24. The number of fused-ring (bicyclic) bond motifs is 5. The van der Waals surface area contributed by atoms with Crippen LogP contribution in [-0.4, -0.2) is 44.4 Å². The van der Waals surface area contributed by atoms with E-state index < -0.39 is 16.1 Å². The van der Waals surface area contributed by atoms with E-state index >= 15 is 0 Å². The fourth-order valence-corrected chi connectivity index (χ4v) is 6.62. The molecule has 0 saturated heterocycles. The molecule has 2 aliphatic rings. The molecule has 8 heteroatoms. The predicted octanol–water partition coefficient (Wildman–Crippen LogP) is 5.65. The highest BCUT2D eigenvalue weighted by atomic mass is 32.2. The molecule has 3 aromatic rings. The van der Waals surface area contributed by atoms with Crippen molar-refractivity contribution in [2.24, 2.45) is 5.92 Å². The molecule has 7 nitrogen and oxygen atoms in total. The molecule has 2 atom stereocenters. The molecular weight excluding hydrogens is 486 g/mol. The summed E-state index contributed by atoms with van der Waals surface area (Å²) >= 11 is 0. The van der Waals surface area contributed by atoms with Crippen LogP contribution in [0, 0.1) is 5.92 Å². The zero-order valence-corrected chi connectivity index (χ0v) is 23.2. The van der Waals surface area contributed by atoms with Crippen molar-refractivity contribution in [1.82, 2.24) is 13.6 Å². The van der Waals surface area contributed by atoms with Gasteiger partial charge in [0.25, 0.3) is 5.91 Å². The van der Waals surface area contributed by atoms with Crippen LogP contribution < -0.4 is 9.46 Å². The van der Waals surface area contributed by atoms with Gasteiger partial charge < -0.3 is 9.30 Å². The number of nitrogens with one attached hydrogen (secondary N) is 1. The van der Waals surface area contributed by atoms with Crippen LogP contribution in [0.3, 0.4) is 0 Å². The van der Waals surface area contributed by atoms with E-state index in [4.69, 9.17) is 4.74 Å². The SMILES string of the molecule is COc1ccc2c(c1)[C@H](C)[C@H](C)Cn1c-2c(C2CCCCC2)c2ccc(C(=O)NS(=O)(=O)N(C)C)cc21. The average Bonchev–Trinajstić information content (AvgIpc) is 3.15. The Balaban J connectivity index is 1.75. The molecule has 1 aliphatic carbocycles. The first-order valence-corrected chi connectivity index (χ1v) is 14.7. The van der Waals surface area contributed by atoms with Crippen LogP contribution in [0.2, 0.25) is 0 Å². The summed E-state index contributed by atoms with van der Waals surface area (Å²) < 4.78 is 35.8. The number of carbonyl (C=O) groups excluding carboxylic acids is 1. The largest absolute Gasteiger partial charge is 0.497 e. The van der Waals surface area contributed by atoms with Gasteiger partial charge in [-0.25, -0.2) is 4.72 Å². The average molecular weight is 524 g/mol. The zero-order chi connectivity index (χ0) is 26.5. The van der Waals surface area contributed by atoms with Gasteiger partial charge in [-0.15, -0.1) is 0 Å². The van der Waals surface area contributed by atoms with Gasteiger partial charge >= 0.3 is 10.2 Å². The quantitative estimate of drug-likeness (QED) is 0.468. The summed E-state index contributed by atoms with van der Waals surface area (Å²) in [7, 11) is 0.627. The molecule has 2 heterocycles. The maximum absolute atomic E-state index is 13.0. The second-order valence-corrected chi connectivity index (χ2v) is 12.8. The lowest BCUT2D eigenvalue weighted by atomic mass is 9.80. The number of rotatable bonds is 5. The molecule has 1 aromatic heterocycles. The number of benzene rings is 2. The second kappa shape index (κ2) is 9.80. The highest BCUT2D eigenvalue weighted by molar-refractivity contribution is 7.87. The van der Waals surface area contributed by atoms with Crippen molar-refractivity contribution < 1.29 is 17.9 Å². The molecule has 0 bridgehead atoms. The van der Waals surface area contributed by atoms with Gasteiger partial charge in [-0.3, -0.25) is 4.79 Å². The summed E-state index contributed by atoms with van der Waals surface area (Å²) in [6.07, 6.45) is 6.04. The van der Waals surface area contributed by atoms with E-state index in [9.17, 15) is 13.2 Å². The number of amides is 1. The summed E-state index contributed by atoms with van der Waals surface area (Å²) in [5, 5.41) is 1.16. The molecule has 0 radical (unpaired) electrons. The number of methoxy groups -OCH3 is 1. The highest BCUT2D eigenvalue weighted by Crippen LogP contribution is 2.49. The Morgan fingerprint density at radius 3 is 2.46 bits per heavy atom. The monoisotopic (exact) mass is 523 g/mol. The molecule has 1 aliphatic heterocycles. The van der Waals surface area contributed by atoms with Gasteiger partial charge in [-0.2, -0.15) is 12.7 Å². The highest BCUT2D eigenvalue weighted by Gasteiger charge is 2.33. The van der Waals surface area contributed by atoms with Crippen LogP contribution in [0.25, 0.3) is 22.2 Å². The van der Waals surface area contributed by atoms with Gasteiger partial charge in [0.2, 0.25) is 0 Å². The summed E-state index contributed by atoms with van der Waals surface area (Å²) in [5.74, 6) is 1.39. The standard InChI is InChI=1S/C29H37N3O4S/c1-18-17-32-26-15-21(29(33)30-37(34,35)31(3)4)11-13-24(26)27(20-9-7-6-8-10-20)28(32)23-14-12-22(36-5)16-25(23)19(18)2/h11-16,18-20H,6-10,17H2,1-5H3,(H,30,33)/t18-,19-/m1/s1. The molecular formula is C29H37N3O4S. The van der Waals surface area contributed by atoms with E-state index in [2.05, 4.69) is 35.3 Å². The number of aromatic nitrogens is 1. The predicted molar refractivity (Wildman–Crippen MR) is 147 cm³/mol.